The van der Waals surface area contributed by atoms with Crippen LogP contribution >= 0.6 is 11.5 Å². The molecule has 0 aromatic carbocycles. The Morgan fingerprint density at radius 3 is 2.85 bits per heavy atom. The maximum absolute atomic E-state index is 12.4. The first-order chi connectivity index (χ1) is 9.56. The third kappa shape index (κ3) is 3.53. The Labute approximate surface area is 122 Å². The van der Waals surface area contributed by atoms with E-state index >= 15 is 0 Å². The monoisotopic (exact) mass is 299 g/mol. The van der Waals surface area contributed by atoms with Gasteiger partial charge in [0.15, 0.2) is 0 Å². The van der Waals surface area contributed by atoms with Crippen LogP contribution in [-0.4, -0.2) is 57.9 Å². The lowest BCUT2D eigenvalue weighted by atomic mass is 9.94. The lowest BCUT2D eigenvalue weighted by Crippen LogP contribution is -2.47. The standard InChI is InChI=1S/C13H21N3O3S/c1-3-4-10-11(20-15-14-10)12(17)16(2)9-13(18)5-7-19-8-6-13/h18H,3-9H2,1-2H3. The molecule has 1 amide bonds. The highest BCUT2D eigenvalue weighted by Gasteiger charge is 2.33. The van der Waals surface area contributed by atoms with Gasteiger partial charge in [-0.05, 0) is 18.0 Å². The second-order valence-corrected chi connectivity index (χ2v) is 6.05. The predicted octanol–water partition coefficient (Wildman–Crippen LogP) is 1.10. The Morgan fingerprint density at radius 1 is 1.50 bits per heavy atom. The third-order valence-corrected chi connectivity index (χ3v) is 4.29. The number of hydrogen-bond donors (Lipinski definition) is 1. The topological polar surface area (TPSA) is 75.6 Å². The van der Waals surface area contributed by atoms with E-state index in [2.05, 4.69) is 9.59 Å². The maximum Gasteiger partial charge on any atom is 0.267 e. The normalized spacial score (nSPS) is 17.9. The van der Waals surface area contributed by atoms with Crippen molar-refractivity contribution in [1.82, 2.24) is 14.5 Å². The summed E-state index contributed by atoms with van der Waals surface area (Å²) in [7, 11) is 1.71. The van der Waals surface area contributed by atoms with E-state index in [0.29, 0.717) is 37.5 Å². The van der Waals surface area contributed by atoms with E-state index in [1.54, 1.807) is 11.9 Å². The summed E-state index contributed by atoms with van der Waals surface area (Å²) in [6, 6.07) is 0. The number of aryl methyl sites for hydroxylation is 1. The van der Waals surface area contributed by atoms with E-state index in [0.717, 1.165) is 30.1 Å². The van der Waals surface area contributed by atoms with Gasteiger partial charge in [-0.15, -0.1) is 5.10 Å². The molecule has 0 aliphatic carbocycles. The Bertz CT molecular complexity index is 457. The van der Waals surface area contributed by atoms with Crippen LogP contribution in [0.3, 0.4) is 0 Å². The van der Waals surface area contributed by atoms with Crippen LogP contribution in [0.4, 0.5) is 0 Å². The second-order valence-electron chi connectivity index (χ2n) is 5.30. The number of rotatable bonds is 5. The average Bonchev–Trinajstić information content (AvgIpc) is 2.87. The fourth-order valence-corrected chi connectivity index (χ4v) is 3.07. The minimum Gasteiger partial charge on any atom is -0.388 e. The van der Waals surface area contributed by atoms with Crippen molar-refractivity contribution in [3.05, 3.63) is 10.6 Å². The molecule has 1 N–H and O–H groups in total. The molecule has 1 saturated heterocycles. The molecular formula is C13H21N3O3S. The smallest absolute Gasteiger partial charge is 0.267 e. The molecule has 2 heterocycles. The lowest BCUT2D eigenvalue weighted by Gasteiger charge is -2.35. The summed E-state index contributed by atoms with van der Waals surface area (Å²) < 4.78 is 9.12. The van der Waals surface area contributed by atoms with Crippen molar-refractivity contribution in [3.63, 3.8) is 0 Å². The molecule has 0 saturated carbocycles. The van der Waals surface area contributed by atoms with E-state index in [1.165, 1.54) is 0 Å². The van der Waals surface area contributed by atoms with Crippen molar-refractivity contribution in [2.45, 2.75) is 38.2 Å². The third-order valence-electron chi connectivity index (χ3n) is 3.54. The number of aromatic nitrogens is 2. The number of likely N-dealkylation sites (N-methyl/N-ethyl adjacent to an activating group) is 1. The zero-order valence-electron chi connectivity index (χ0n) is 12.0. The van der Waals surface area contributed by atoms with E-state index in [9.17, 15) is 9.90 Å². The number of hydrogen-bond acceptors (Lipinski definition) is 6. The van der Waals surface area contributed by atoms with Crippen LogP contribution in [0.25, 0.3) is 0 Å². The van der Waals surface area contributed by atoms with Crippen LogP contribution in [0.1, 0.15) is 41.6 Å². The minimum atomic E-state index is -0.842. The summed E-state index contributed by atoms with van der Waals surface area (Å²) in [5.74, 6) is -0.108. The zero-order chi connectivity index (χ0) is 14.6. The molecule has 112 valence electrons. The SMILES string of the molecule is CCCc1nnsc1C(=O)N(C)CC1(O)CCOCC1. The van der Waals surface area contributed by atoms with E-state index in [4.69, 9.17) is 4.74 Å². The van der Waals surface area contributed by atoms with Crippen LogP contribution in [0.2, 0.25) is 0 Å². The van der Waals surface area contributed by atoms with Crippen LogP contribution in [0.15, 0.2) is 0 Å². The summed E-state index contributed by atoms with van der Waals surface area (Å²) in [5.41, 5.74) is -0.0839. The van der Waals surface area contributed by atoms with Crippen LogP contribution < -0.4 is 0 Å². The molecule has 2 rings (SSSR count). The van der Waals surface area contributed by atoms with Gasteiger partial charge in [0.05, 0.1) is 11.3 Å². The highest BCUT2D eigenvalue weighted by Crippen LogP contribution is 2.23. The van der Waals surface area contributed by atoms with Crippen molar-refractivity contribution in [3.8, 4) is 0 Å². The van der Waals surface area contributed by atoms with Gasteiger partial charge < -0.3 is 14.7 Å². The molecular weight excluding hydrogens is 278 g/mol. The molecule has 1 aliphatic heterocycles. The zero-order valence-corrected chi connectivity index (χ0v) is 12.8. The predicted molar refractivity (Wildman–Crippen MR) is 75.9 cm³/mol. The Hall–Kier alpha value is -1.05. The molecule has 6 nitrogen and oxygen atoms in total. The molecule has 1 fully saturated rings. The van der Waals surface area contributed by atoms with Crippen molar-refractivity contribution < 1.29 is 14.6 Å². The van der Waals surface area contributed by atoms with E-state index in [-0.39, 0.29) is 5.91 Å². The molecule has 0 spiro atoms. The van der Waals surface area contributed by atoms with Gasteiger partial charge in [0, 0.05) is 39.6 Å². The van der Waals surface area contributed by atoms with Gasteiger partial charge in [0.1, 0.15) is 4.88 Å². The Balaban J connectivity index is 2.02. The van der Waals surface area contributed by atoms with Crippen LogP contribution in [0, 0.1) is 0 Å². The largest absolute Gasteiger partial charge is 0.388 e. The Morgan fingerprint density at radius 2 is 2.20 bits per heavy atom. The van der Waals surface area contributed by atoms with E-state index < -0.39 is 5.60 Å². The summed E-state index contributed by atoms with van der Waals surface area (Å²) in [6.07, 6.45) is 2.81. The van der Waals surface area contributed by atoms with Gasteiger partial charge in [-0.1, -0.05) is 17.8 Å². The highest BCUT2D eigenvalue weighted by atomic mass is 32.1. The van der Waals surface area contributed by atoms with Crippen molar-refractivity contribution >= 4 is 17.4 Å². The second kappa shape index (κ2) is 6.60. The van der Waals surface area contributed by atoms with Crippen LogP contribution in [-0.2, 0) is 11.2 Å². The van der Waals surface area contributed by atoms with Crippen LogP contribution in [0.5, 0.6) is 0 Å². The average molecular weight is 299 g/mol. The number of carbonyl (C=O) groups excluding carboxylic acids is 1. The van der Waals surface area contributed by atoms with Gasteiger partial charge in [-0.2, -0.15) is 0 Å². The molecule has 0 atom stereocenters. The number of nitrogens with zero attached hydrogens (tertiary/aromatic N) is 3. The number of ether oxygens (including phenoxy) is 1. The Kier molecular flexibility index (Phi) is 5.06. The first-order valence-electron chi connectivity index (χ1n) is 6.92. The van der Waals surface area contributed by atoms with E-state index in [1.807, 2.05) is 6.92 Å². The number of carbonyl (C=O) groups is 1. The van der Waals surface area contributed by atoms with Gasteiger partial charge in [-0.3, -0.25) is 4.79 Å². The summed E-state index contributed by atoms with van der Waals surface area (Å²) in [5, 5.41) is 14.5. The highest BCUT2D eigenvalue weighted by molar-refractivity contribution is 7.07. The van der Waals surface area contributed by atoms with Gasteiger partial charge in [-0.25, -0.2) is 0 Å². The first-order valence-corrected chi connectivity index (χ1v) is 7.70. The molecule has 0 unspecified atom stereocenters. The van der Waals surface area contributed by atoms with Crippen molar-refractivity contribution in [2.24, 2.45) is 0 Å². The van der Waals surface area contributed by atoms with Crippen molar-refractivity contribution in [2.75, 3.05) is 26.8 Å². The molecule has 0 radical (unpaired) electrons. The van der Waals surface area contributed by atoms with Gasteiger partial charge in [0.25, 0.3) is 5.91 Å². The number of amides is 1. The van der Waals surface area contributed by atoms with Gasteiger partial charge >= 0.3 is 0 Å². The molecule has 0 bridgehead atoms. The fourth-order valence-electron chi connectivity index (χ4n) is 2.37. The molecule has 1 aromatic rings. The fraction of sp³-hybridized carbons (Fsp3) is 0.769. The quantitative estimate of drug-likeness (QED) is 0.881. The first kappa shape index (κ1) is 15.3. The van der Waals surface area contributed by atoms with Gasteiger partial charge in [0.2, 0.25) is 0 Å². The summed E-state index contributed by atoms with van der Waals surface area (Å²) >= 11 is 1.13. The summed E-state index contributed by atoms with van der Waals surface area (Å²) in [4.78, 5) is 14.6. The molecule has 1 aromatic heterocycles. The maximum atomic E-state index is 12.4. The lowest BCUT2D eigenvalue weighted by molar-refractivity contribution is -0.0734. The number of aliphatic hydroxyl groups is 1. The van der Waals surface area contributed by atoms with Crippen molar-refractivity contribution in [1.29, 1.82) is 0 Å². The molecule has 1 aliphatic rings. The molecule has 7 heteroatoms. The summed E-state index contributed by atoms with van der Waals surface area (Å²) in [6.45, 7) is 3.45. The molecule has 20 heavy (non-hydrogen) atoms. The minimum absolute atomic E-state index is 0.108.